The van der Waals surface area contributed by atoms with Crippen molar-refractivity contribution in [1.82, 2.24) is 19.4 Å². The molecule has 2 atom stereocenters. The number of aromatic nitrogens is 2. The molecule has 1 aromatic heterocycles. The summed E-state index contributed by atoms with van der Waals surface area (Å²) >= 11 is 0. The molecule has 9 heteroatoms. The number of hydrogen-bond donors (Lipinski definition) is 0. The summed E-state index contributed by atoms with van der Waals surface area (Å²) < 4.78 is 46.8. The third-order valence-corrected chi connectivity index (χ3v) is 11.5. The molecule has 220 valence electrons. The van der Waals surface area contributed by atoms with Gasteiger partial charge in [0.2, 0.25) is 0 Å². The monoisotopic (exact) mass is 580 g/mol. The molecule has 4 aliphatic heterocycles. The highest BCUT2D eigenvalue weighted by Gasteiger charge is 2.45. The molecule has 7 nitrogen and oxygen atoms in total. The smallest absolute Gasteiger partial charge is 0.175 e. The Morgan fingerprint density at radius 3 is 2.17 bits per heavy atom. The maximum atomic E-state index is 15.5. The Hall–Kier alpha value is -2.33. The van der Waals surface area contributed by atoms with Crippen LogP contribution in [0, 0.1) is 5.82 Å². The molecule has 7 rings (SSSR count). The van der Waals surface area contributed by atoms with Crippen molar-refractivity contribution in [1.29, 1.82) is 0 Å². The van der Waals surface area contributed by atoms with Crippen LogP contribution in [0.15, 0.2) is 41.3 Å². The van der Waals surface area contributed by atoms with Crippen molar-refractivity contribution in [3.05, 3.63) is 47.8 Å². The number of ether oxygens (including phenoxy) is 1. The molecule has 4 saturated heterocycles. The number of halogens is 1. The second kappa shape index (κ2) is 10.7. The second-order valence-corrected chi connectivity index (χ2v) is 14.8. The fourth-order valence-electron chi connectivity index (χ4n) is 8.29. The maximum absolute atomic E-state index is 15.5. The van der Waals surface area contributed by atoms with E-state index < -0.39 is 9.84 Å². The first-order valence-corrected chi connectivity index (χ1v) is 17.2. The van der Waals surface area contributed by atoms with Crippen LogP contribution >= 0.6 is 0 Å². The van der Waals surface area contributed by atoms with Crippen molar-refractivity contribution in [3.8, 4) is 11.4 Å². The number of hydrogen-bond acceptors (Lipinski definition) is 6. The SMILES string of the molecule is Cn1c(-c2ccc(S(C)(=O)=O)cc2)nc2cc(F)c(C3CCN(C4CC5CCC(C4)N5C4CCOCC4)CC3)cc21. The Labute approximate surface area is 242 Å². The van der Waals surface area contributed by atoms with Gasteiger partial charge in [-0.05, 0) is 106 Å². The Kier molecular flexibility index (Phi) is 7.20. The zero-order valence-electron chi connectivity index (χ0n) is 24.1. The predicted octanol–water partition coefficient (Wildman–Crippen LogP) is 5.14. The van der Waals surface area contributed by atoms with Gasteiger partial charge in [-0.1, -0.05) is 0 Å². The van der Waals surface area contributed by atoms with E-state index in [-0.39, 0.29) is 16.6 Å². The molecule has 0 saturated carbocycles. The van der Waals surface area contributed by atoms with Gasteiger partial charge >= 0.3 is 0 Å². The van der Waals surface area contributed by atoms with Crippen molar-refractivity contribution < 1.29 is 17.5 Å². The number of rotatable bonds is 5. The number of fused-ring (bicyclic) bond motifs is 3. The molecule has 0 radical (unpaired) electrons. The quantitative estimate of drug-likeness (QED) is 0.417. The van der Waals surface area contributed by atoms with Gasteiger partial charge in [-0.25, -0.2) is 17.8 Å². The van der Waals surface area contributed by atoms with E-state index in [1.807, 2.05) is 17.7 Å². The summed E-state index contributed by atoms with van der Waals surface area (Å²) in [6, 6.07) is 13.1. The molecule has 0 amide bonds. The van der Waals surface area contributed by atoms with Crippen LogP contribution in [0.4, 0.5) is 4.39 Å². The van der Waals surface area contributed by atoms with Crippen molar-refractivity contribution >= 4 is 20.9 Å². The molecule has 2 bridgehead atoms. The molecule has 41 heavy (non-hydrogen) atoms. The summed E-state index contributed by atoms with van der Waals surface area (Å²) in [5.74, 6) is 0.742. The fourth-order valence-corrected chi connectivity index (χ4v) is 8.92. The van der Waals surface area contributed by atoms with Gasteiger partial charge in [-0.15, -0.1) is 0 Å². The Morgan fingerprint density at radius 1 is 0.878 bits per heavy atom. The highest BCUT2D eigenvalue weighted by atomic mass is 32.2. The van der Waals surface area contributed by atoms with Crippen LogP contribution in [0.2, 0.25) is 0 Å². The largest absolute Gasteiger partial charge is 0.381 e. The minimum Gasteiger partial charge on any atom is -0.381 e. The van der Waals surface area contributed by atoms with E-state index in [9.17, 15) is 8.42 Å². The lowest BCUT2D eigenvalue weighted by Crippen LogP contribution is -2.55. The van der Waals surface area contributed by atoms with Gasteiger partial charge in [-0.2, -0.15) is 0 Å². The van der Waals surface area contributed by atoms with Gasteiger partial charge in [0, 0.05) is 62.3 Å². The van der Waals surface area contributed by atoms with E-state index in [4.69, 9.17) is 9.72 Å². The van der Waals surface area contributed by atoms with Crippen molar-refractivity contribution in [3.63, 3.8) is 0 Å². The van der Waals surface area contributed by atoms with Crippen molar-refractivity contribution in [2.75, 3.05) is 32.6 Å². The van der Waals surface area contributed by atoms with E-state index in [1.165, 1.54) is 44.8 Å². The summed E-state index contributed by atoms with van der Waals surface area (Å²) in [4.78, 5) is 10.6. The minimum absolute atomic E-state index is 0.171. The Bertz CT molecular complexity index is 1510. The van der Waals surface area contributed by atoms with Crippen LogP contribution in [0.25, 0.3) is 22.4 Å². The Balaban J connectivity index is 1.04. The standard InChI is InChI=1S/C32H41FN4O3S/c1-35-31-19-28(29(33)20-30(31)34-32(35)22-3-7-27(8-4-22)41(2,38)39)21-9-13-36(14-10-21)26-17-24-5-6-25(18-26)37(24)23-11-15-40-16-12-23/h3-4,7-8,19-21,23-26H,5-6,9-18H2,1-2H3. The third-order valence-electron chi connectivity index (χ3n) is 10.4. The van der Waals surface area contributed by atoms with Gasteiger partial charge in [-0.3, -0.25) is 4.90 Å². The summed E-state index contributed by atoms with van der Waals surface area (Å²) in [7, 11) is -1.32. The second-order valence-electron chi connectivity index (χ2n) is 12.8. The molecule has 2 unspecified atom stereocenters. The number of aryl methyl sites for hydroxylation is 1. The van der Waals surface area contributed by atoms with Crippen molar-refractivity contribution in [2.24, 2.45) is 7.05 Å². The average molecular weight is 581 g/mol. The topological polar surface area (TPSA) is 67.7 Å². The average Bonchev–Trinajstić information content (AvgIpc) is 3.44. The maximum Gasteiger partial charge on any atom is 0.175 e. The highest BCUT2D eigenvalue weighted by Crippen LogP contribution is 2.42. The van der Waals surface area contributed by atoms with Crippen LogP contribution in [-0.2, 0) is 21.6 Å². The normalized spacial score (nSPS) is 27.1. The van der Waals surface area contributed by atoms with Crippen LogP contribution in [0.3, 0.4) is 0 Å². The zero-order chi connectivity index (χ0) is 28.3. The van der Waals surface area contributed by atoms with Crippen LogP contribution < -0.4 is 0 Å². The molecular weight excluding hydrogens is 539 g/mol. The van der Waals surface area contributed by atoms with Gasteiger partial charge < -0.3 is 14.2 Å². The first kappa shape index (κ1) is 27.5. The number of sulfone groups is 1. The molecule has 0 N–H and O–H groups in total. The van der Waals surface area contributed by atoms with Crippen LogP contribution in [0.1, 0.15) is 62.8 Å². The summed E-state index contributed by atoms with van der Waals surface area (Å²) in [5.41, 5.74) is 3.14. The molecule has 0 spiro atoms. The van der Waals surface area contributed by atoms with E-state index in [2.05, 4.69) is 9.80 Å². The first-order chi connectivity index (χ1) is 19.8. The van der Waals surface area contributed by atoms with Crippen LogP contribution in [-0.4, -0.2) is 84.5 Å². The molecule has 0 aliphatic carbocycles. The first-order valence-electron chi connectivity index (χ1n) is 15.3. The van der Waals surface area contributed by atoms with E-state index in [0.717, 1.165) is 67.9 Å². The van der Waals surface area contributed by atoms with E-state index in [0.29, 0.717) is 23.4 Å². The minimum atomic E-state index is -3.27. The number of piperidine rings is 2. The van der Waals surface area contributed by atoms with Gasteiger partial charge in [0.15, 0.2) is 9.84 Å². The van der Waals surface area contributed by atoms with E-state index >= 15 is 4.39 Å². The lowest BCUT2D eigenvalue weighted by atomic mass is 9.86. The van der Waals surface area contributed by atoms with E-state index in [1.54, 1.807) is 30.3 Å². The molecule has 4 fully saturated rings. The zero-order valence-corrected chi connectivity index (χ0v) is 25.0. The van der Waals surface area contributed by atoms with Gasteiger partial charge in [0.05, 0.1) is 15.9 Å². The molecular formula is C32H41FN4O3S. The molecule has 4 aliphatic rings. The predicted molar refractivity (Wildman–Crippen MR) is 158 cm³/mol. The molecule has 2 aromatic carbocycles. The fraction of sp³-hybridized carbons (Fsp3) is 0.594. The lowest BCUT2D eigenvalue weighted by Gasteiger charge is -2.48. The number of likely N-dealkylation sites (tertiary alicyclic amines) is 1. The number of benzene rings is 2. The Morgan fingerprint density at radius 2 is 1.54 bits per heavy atom. The third kappa shape index (κ3) is 5.13. The summed E-state index contributed by atoms with van der Waals surface area (Å²) in [6.07, 6.45) is 10.8. The summed E-state index contributed by atoms with van der Waals surface area (Å²) in [6.45, 7) is 3.90. The molecule has 3 aromatic rings. The number of nitrogens with zero attached hydrogens (tertiary/aromatic N) is 4. The van der Waals surface area contributed by atoms with Gasteiger partial charge in [0.25, 0.3) is 0 Å². The lowest BCUT2D eigenvalue weighted by molar-refractivity contribution is -0.0221. The highest BCUT2D eigenvalue weighted by molar-refractivity contribution is 7.90. The van der Waals surface area contributed by atoms with Gasteiger partial charge in [0.1, 0.15) is 11.6 Å². The van der Waals surface area contributed by atoms with Crippen molar-refractivity contribution in [2.45, 2.75) is 86.3 Å². The number of imidazole rings is 1. The molecule has 5 heterocycles. The van der Waals surface area contributed by atoms with Crippen LogP contribution in [0.5, 0.6) is 0 Å². The summed E-state index contributed by atoms with van der Waals surface area (Å²) in [5, 5.41) is 0.